The lowest BCUT2D eigenvalue weighted by Crippen LogP contribution is -2.41. The van der Waals surface area contributed by atoms with Gasteiger partial charge in [0.2, 0.25) is 12.7 Å². The van der Waals surface area contributed by atoms with E-state index in [1.54, 1.807) is 11.3 Å². The van der Waals surface area contributed by atoms with Gasteiger partial charge in [-0.05, 0) is 49.2 Å². The van der Waals surface area contributed by atoms with Gasteiger partial charge in [-0.2, -0.15) is 0 Å². The number of hydrogen-bond acceptors (Lipinski definition) is 6. The maximum absolute atomic E-state index is 12.6. The van der Waals surface area contributed by atoms with Crippen molar-refractivity contribution >= 4 is 27.5 Å². The highest BCUT2D eigenvalue weighted by molar-refractivity contribution is 7.18. The number of aromatic nitrogens is 1. The molecule has 1 amide bonds. The maximum atomic E-state index is 12.6. The largest absolute Gasteiger partial charge is 0.454 e. The fraction of sp³-hybridized carbons (Fsp3) is 0.364. The van der Waals surface area contributed by atoms with Crippen LogP contribution in [0.3, 0.4) is 0 Å². The van der Waals surface area contributed by atoms with E-state index in [1.165, 1.54) is 11.1 Å². The summed E-state index contributed by atoms with van der Waals surface area (Å²) in [5.74, 6) is 1.53. The Labute approximate surface area is 173 Å². The van der Waals surface area contributed by atoms with Gasteiger partial charge in [0.05, 0.1) is 22.8 Å². The van der Waals surface area contributed by atoms with Crippen LogP contribution in [0.1, 0.15) is 35.9 Å². The lowest BCUT2D eigenvalue weighted by Gasteiger charge is -2.33. The molecule has 29 heavy (non-hydrogen) atoms. The van der Waals surface area contributed by atoms with E-state index in [1.807, 2.05) is 30.3 Å². The van der Waals surface area contributed by atoms with Gasteiger partial charge >= 0.3 is 0 Å². The summed E-state index contributed by atoms with van der Waals surface area (Å²) in [5.41, 5.74) is 2.05. The number of carbonyl (C=O) groups is 1. The number of piperidine rings is 1. The monoisotopic (exact) mass is 409 g/mol. The molecule has 3 aromatic rings. The van der Waals surface area contributed by atoms with E-state index in [4.69, 9.17) is 14.5 Å². The number of para-hydroxylation sites is 1. The Bertz CT molecular complexity index is 1000. The molecule has 7 heteroatoms. The Morgan fingerprint density at radius 1 is 1.17 bits per heavy atom. The molecule has 150 valence electrons. The van der Waals surface area contributed by atoms with Gasteiger partial charge in [-0.3, -0.25) is 9.69 Å². The second kappa shape index (κ2) is 8.00. The molecule has 0 aliphatic carbocycles. The predicted octanol–water partition coefficient (Wildman–Crippen LogP) is 3.87. The summed E-state index contributed by atoms with van der Waals surface area (Å²) in [7, 11) is 0. The normalized spacial score (nSPS) is 18.8. The number of hydrogen-bond donors (Lipinski definition) is 1. The molecule has 6 nitrogen and oxygen atoms in total. The topological polar surface area (TPSA) is 63.7 Å². The van der Waals surface area contributed by atoms with Crippen molar-refractivity contribution in [2.75, 3.05) is 19.9 Å². The van der Waals surface area contributed by atoms with Gasteiger partial charge in [-0.15, -0.1) is 11.3 Å². The molecule has 0 saturated carbocycles. The van der Waals surface area contributed by atoms with Crippen molar-refractivity contribution in [3.05, 3.63) is 53.0 Å². The zero-order chi connectivity index (χ0) is 19.6. The zero-order valence-corrected chi connectivity index (χ0v) is 16.9. The summed E-state index contributed by atoms with van der Waals surface area (Å²) >= 11 is 1.75. The van der Waals surface area contributed by atoms with Crippen LogP contribution in [0, 0.1) is 0 Å². The molecule has 0 spiro atoms. The first-order chi connectivity index (χ1) is 14.3. The fourth-order valence-corrected chi connectivity index (χ4v) is 5.12. The smallest absolute Gasteiger partial charge is 0.234 e. The molecule has 1 fully saturated rings. The standard InChI is InChI=1S/C22H23N3O3S/c26-21(23-12-15-8-9-18-19(11-15)28-14-27-18)13-25-10-4-3-6-17(25)22-24-16-5-1-2-7-20(16)29-22/h1-2,5,7-9,11,17H,3-4,6,10,12-14H2,(H,23,26)/t17-/m1/s1. The van der Waals surface area contributed by atoms with Crippen molar-refractivity contribution in [2.24, 2.45) is 0 Å². The molecular weight excluding hydrogens is 386 g/mol. The Morgan fingerprint density at radius 3 is 3.00 bits per heavy atom. The SMILES string of the molecule is O=C(CN1CCCC[C@@H]1c1nc2ccccc2s1)NCc1ccc2c(c1)OCO2. The van der Waals surface area contributed by atoms with E-state index in [0.29, 0.717) is 13.1 Å². The third kappa shape index (κ3) is 3.93. The summed E-state index contributed by atoms with van der Waals surface area (Å²) in [6.45, 7) is 2.06. The van der Waals surface area contributed by atoms with Crippen LogP contribution in [0.2, 0.25) is 0 Å². The average Bonchev–Trinajstić information content (AvgIpc) is 3.39. The highest BCUT2D eigenvalue weighted by Crippen LogP contribution is 2.35. The minimum absolute atomic E-state index is 0.0377. The third-order valence-electron chi connectivity index (χ3n) is 5.48. The van der Waals surface area contributed by atoms with Crippen LogP contribution in [0.4, 0.5) is 0 Å². The minimum Gasteiger partial charge on any atom is -0.454 e. The molecule has 2 aliphatic heterocycles. The number of carbonyl (C=O) groups excluding carboxylic acids is 1. The van der Waals surface area contributed by atoms with Crippen LogP contribution in [-0.4, -0.2) is 35.7 Å². The van der Waals surface area contributed by atoms with Gasteiger partial charge in [-0.1, -0.05) is 24.6 Å². The van der Waals surface area contributed by atoms with Gasteiger partial charge < -0.3 is 14.8 Å². The number of rotatable bonds is 5. The summed E-state index contributed by atoms with van der Waals surface area (Å²) < 4.78 is 11.9. The van der Waals surface area contributed by atoms with Crippen LogP contribution >= 0.6 is 11.3 Å². The first-order valence-electron chi connectivity index (χ1n) is 10.0. The lowest BCUT2D eigenvalue weighted by molar-refractivity contribution is -0.123. The van der Waals surface area contributed by atoms with Crippen LogP contribution in [0.25, 0.3) is 10.2 Å². The molecule has 1 saturated heterocycles. The second-order valence-electron chi connectivity index (χ2n) is 7.47. The Kier molecular flexibility index (Phi) is 5.08. The third-order valence-corrected chi connectivity index (χ3v) is 6.62. The summed E-state index contributed by atoms with van der Waals surface area (Å²) in [6.07, 6.45) is 3.35. The molecule has 0 radical (unpaired) electrons. The molecule has 2 aliphatic rings. The van der Waals surface area contributed by atoms with Crippen molar-refractivity contribution in [1.82, 2.24) is 15.2 Å². The summed E-state index contributed by atoms with van der Waals surface area (Å²) in [5, 5.41) is 4.16. The molecule has 2 aromatic carbocycles. The quantitative estimate of drug-likeness (QED) is 0.693. The number of nitrogens with zero attached hydrogens (tertiary/aromatic N) is 2. The number of thiazole rings is 1. The van der Waals surface area contributed by atoms with Crippen molar-refractivity contribution in [3.63, 3.8) is 0 Å². The van der Waals surface area contributed by atoms with Crippen molar-refractivity contribution in [3.8, 4) is 11.5 Å². The number of ether oxygens (including phenoxy) is 2. The van der Waals surface area contributed by atoms with E-state index >= 15 is 0 Å². The predicted molar refractivity (Wildman–Crippen MR) is 112 cm³/mol. The van der Waals surface area contributed by atoms with Crippen molar-refractivity contribution < 1.29 is 14.3 Å². The highest BCUT2D eigenvalue weighted by atomic mass is 32.1. The summed E-state index contributed by atoms with van der Waals surface area (Å²) in [6, 6.07) is 14.2. The lowest BCUT2D eigenvalue weighted by atomic mass is 10.0. The number of fused-ring (bicyclic) bond motifs is 2. The van der Waals surface area contributed by atoms with Gasteiger partial charge in [0.25, 0.3) is 0 Å². The fourth-order valence-electron chi connectivity index (χ4n) is 3.98. The molecule has 1 N–H and O–H groups in total. The van der Waals surface area contributed by atoms with E-state index in [-0.39, 0.29) is 18.7 Å². The Balaban J connectivity index is 1.23. The van der Waals surface area contributed by atoms with Gasteiger partial charge in [0.15, 0.2) is 11.5 Å². The first-order valence-corrected chi connectivity index (χ1v) is 10.8. The van der Waals surface area contributed by atoms with Crippen LogP contribution in [-0.2, 0) is 11.3 Å². The number of amides is 1. The number of nitrogens with one attached hydrogen (secondary N) is 1. The molecule has 0 unspecified atom stereocenters. The van der Waals surface area contributed by atoms with Crippen molar-refractivity contribution in [1.29, 1.82) is 0 Å². The molecule has 0 bridgehead atoms. The highest BCUT2D eigenvalue weighted by Gasteiger charge is 2.28. The Morgan fingerprint density at radius 2 is 2.07 bits per heavy atom. The van der Waals surface area contributed by atoms with Crippen LogP contribution in [0.15, 0.2) is 42.5 Å². The van der Waals surface area contributed by atoms with Gasteiger partial charge in [0, 0.05) is 6.54 Å². The molecule has 5 rings (SSSR count). The molecule has 1 atom stereocenters. The van der Waals surface area contributed by atoms with E-state index in [0.717, 1.165) is 47.0 Å². The molecule has 1 aromatic heterocycles. The van der Waals surface area contributed by atoms with Crippen molar-refractivity contribution in [2.45, 2.75) is 31.8 Å². The molecular formula is C22H23N3O3S. The van der Waals surface area contributed by atoms with E-state index < -0.39 is 0 Å². The number of benzene rings is 2. The second-order valence-corrected chi connectivity index (χ2v) is 8.53. The Hall–Kier alpha value is -2.64. The van der Waals surface area contributed by atoms with Crippen LogP contribution in [0.5, 0.6) is 11.5 Å². The maximum Gasteiger partial charge on any atom is 0.234 e. The minimum atomic E-state index is 0.0377. The van der Waals surface area contributed by atoms with Gasteiger partial charge in [0.1, 0.15) is 5.01 Å². The summed E-state index contributed by atoms with van der Waals surface area (Å²) in [4.78, 5) is 19.8. The molecule has 3 heterocycles. The zero-order valence-electron chi connectivity index (χ0n) is 16.1. The number of likely N-dealkylation sites (tertiary alicyclic amines) is 1. The van der Waals surface area contributed by atoms with Crippen LogP contribution < -0.4 is 14.8 Å². The van der Waals surface area contributed by atoms with E-state index in [9.17, 15) is 4.79 Å². The average molecular weight is 410 g/mol. The van der Waals surface area contributed by atoms with E-state index in [2.05, 4.69) is 22.3 Å². The first kappa shape index (κ1) is 18.4. The van der Waals surface area contributed by atoms with Gasteiger partial charge in [-0.25, -0.2) is 4.98 Å².